The van der Waals surface area contributed by atoms with Crippen LogP contribution in [0.15, 0.2) is 65.5 Å². The molecule has 0 spiro atoms. The molecule has 0 radical (unpaired) electrons. The van der Waals surface area contributed by atoms with E-state index in [4.69, 9.17) is 4.98 Å². The van der Waals surface area contributed by atoms with Crippen molar-refractivity contribution in [1.29, 1.82) is 0 Å². The Morgan fingerprint density at radius 3 is 2.06 bits per heavy atom. The van der Waals surface area contributed by atoms with Crippen molar-refractivity contribution in [2.24, 2.45) is 5.41 Å². The number of allylic oxidation sites excluding steroid dienone is 1. The Bertz CT molecular complexity index is 1040. The predicted octanol–water partition coefficient (Wildman–Crippen LogP) is 7.93. The molecule has 3 aromatic rings. The second-order valence-corrected chi connectivity index (χ2v) is 9.23. The molecule has 174 valence electrons. The van der Waals surface area contributed by atoms with Gasteiger partial charge in [-0.1, -0.05) is 106 Å². The number of benzene rings is 2. The standard InChI is InChI=1S/C19H19BrN2O.C7H14.C2H6/c1-2-5-18-21-17-7-4-3-6-16(17)19(23)22(18)13-15-10-8-14(12-20)9-11-15;1-6(2)7(3,4)5;1-2/h3-4,6-11H,2,5,12-13H2,1H3;1H2,2-5H3;1-2H3. The van der Waals surface area contributed by atoms with E-state index in [-0.39, 0.29) is 5.56 Å². The molecule has 0 aliphatic rings. The number of aryl methyl sites for hydroxylation is 1. The molecule has 1 heterocycles. The fraction of sp³-hybridized carbons (Fsp3) is 0.429. The van der Waals surface area contributed by atoms with Gasteiger partial charge in [-0.15, -0.1) is 0 Å². The lowest BCUT2D eigenvalue weighted by molar-refractivity contribution is 0.506. The summed E-state index contributed by atoms with van der Waals surface area (Å²) in [5.74, 6) is 0.862. The maximum Gasteiger partial charge on any atom is 0.261 e. The van der Waals surface area contributed by atoms with Crippen LogP contribution in [-0.2, 0) is 18.3 Å². The second-order valence-electron chi connectivity index (χ2n) is 8.67. The molecule has 0 amide bonds. The van der Waals surface area contributed by atoms with Gasteiger partial charge in [-0.3, -0.25) is 9.36 Å². The molecule has 4 heteroatoms. The first kappa shape index (κ1) is 27.8. The minimum atomic E-state index is 0.0450. The van der Waals surface area contributed by atoms with Gasteiger partial charge in [-0.05, 0) is 42.0 Å². The maximum atomic E-state index is 12.9. The van der Waals surface area contributed by atoms with Crippen molar-refractivity contribution in [2.45, 2.75) is 73.2 Å². The summed E-state index contributed by atoms with van der Waals surface area (Å²) in [6.45, 7) is 19.0. The summed E-state index contributed by atoms with van der Waals surface area (Å²) in [6, 6.07) is 15.9. The van der Waals surface area contributed by atoms with E-state index in [1.807, 2.05) is 42.7 Å². The van der Waals surface area contributed by atoms with Gasteiger partial charge in [0, 0.05) is 11.8 Å². The van der Waals surface area contributed by atoms with Gasteiger partial charge in [-0.2, -0.15) is 0 Å². The molecule has 0 atom stereocenters. The fourth-order valence-corrected chi connectivity index (χ4v) is 3.08. The number of para-hydroxylation sites is 1. The first-order chi connectivity index (χ1) is 15.2. The van der Waals surface area contributed by atoms with Crippen LogP contribution in [0.4, 0.5) is 0 Å². The topological polar surface area (TPSA) is 34.9 Å². The Balaban J connectivity index is 0.000000488. The number of alkyl halides is 1. The van der Waals surface area contributed by atoms with Crippen LogP contribution in [0.25, 0.3) is 10.9 Å². The monoisotopic (exact) mass is 498 g/mol. The van der Waals surface area contributed by atoms with Crippen LogP contribution >= 0.6 is 15.9 Å². The van der Waals surface area contributed by atoms with Crippen LogP contribution in [0, 0.1) is 5.41 Å². The minimum absolute atomic E-state index is 0.0450. The van der Waals surface area contributed by atoms with Crippen molar-refractivity contribution in [1.82, 2.24) is 9.55 Å². The Morgan fingerprint density at radius 2 is 1.56 bits per heavy atom. The zero-order chi connectivity index (χ0) is 24.3. The van der Waals surface area contributed by atoms with E-state index in [0.29, 0.717) is 17.3 Å². The molecule has 0 fully saturated rings. The summed E-state index contributed by atoms with van der Waals surface area (Å²) in [5.41, 5.74) is 4.72. The van der Waals surface area contributed by atoms with E-state index in [1.165, 1.54) is 11.1 Å². The Kier molecular flexibility index (Phi) is 11.6. The van der Waals surface area contributed by atoms with E-state index >= 15 is 0 Å². The van der Waals surface area contributed by atoms with Crippen molar-refractivity contribution >= 4 is 26.8 Å². The molecule has 3 rings (SSSR count). The van der Waals surface area contributed by atoms with Gasteiger partial charge in [0.2, 0.25) is 0 Å². The van der Waals surface area contributed by atoms with E-state index in [0.717, 1.165) is 35.1 Å². The first-order valence-electron chi connectivity index (χ1n) is 11.5. The van der Waals surface area contributed by atoms with E-state index in [1.54, 1.807) is 0 Å². The van der Waals surface area contributed by atoms with Gasteiger partial charge in [-0.25, -0.2) is 4.98 Å². The molecule has 1 aromatic heterocycles. The summed E-state index contributed by atoms with van der Waals surface area (Å²) < 4.78 is 1.81. The SMILES string of the molecule is C=C(C)C(C)(C)C.CC.CCCc1nc2ccccc2c(=O)n1Cc1ccc(CBr)cc1. The lowest BCUT2D eigenvalue weighted by Crippen LogP contribution is -2.26. The van der Waals surface area contributed by atoms with Gasteiger partial charge in [0.25, 0.3) is 5.56 Å². The van der Waals surface area contributed by atoms with Crippen LogP contribution in [0.2, 0.25) is 0 Å². The third-order valence-electron chi connectivity index (χ3n) is 5.21. The highest BCUT2D eigenvalue weighted by Gasteiger charge is 2.11. The number of hydrogen-bond acceptors (Lipinski definition) is 2. The Morgan fingerprint density at radius 1 is 1.03 bits per heavy atom. The smallest absolute Gasteiger partial charge is 0.261 e. The largest absolute Gasteiger partial charge is 0.292 e. The average Bonchev–Trinajstić information content (AvgIpc) is 2.78. The van der Waals surface area contributed by atoms with Gasteiger partial charge in [0.05, 0.1) is 17.4 Å². The van der Waals surface area contributed by atoms with Gasteiger partial charge in [0.15, 0.2) is 0 Å². The molecule has 0 unspecified atom stereocenters. The third kappa shape index (κ3) is 8.05. The molecule has 0 aliphatic heterocycles. The number of aromatic nitrogens is 2. The molecule has 0 N–H and O–H groups in total. The highest BCUT2D eigenvalue weighted by atomic mass is 79.9. The van der Waals surface area contributed by atoms with Crippen LogP contribution in [-0.4, -0.2) is 9.55 Å². The lowest BCUT2D eigenvalue weighted by atomic mass is 9.89. The van der Waals surface area contributed by atoms with Gasteiger partial charge < -0.3 is 0 Å². The fourth-order valence-electron chi connectivity index (χ4n) is 2.71. The number of hydrogen-bond donors (Lipinski definition) is 0. The number of nitrogens with zero attached hydrogens (tertiary/aromatic N) is 2. The predicted molar refractivity (Wildman–Crippen MR) is 144 cm³/mol. The Labute approximate surface area is 202 Å². The molecule has 0 saturated carbocycles. The molecule has 2 aromatic carbocycles. The van der Waals surface area contributed by atoms with Crippen molar-refractivity contribution < 1.29 is 0 Å². The second kappa shape index (κ2) is 13.4. The highest BCUT2D eigenvalue weighted by molar-refractivity contribution is 9.08. The number of rotatable bonds is 5. The Hall–Kier alpha value is -2.20. The summed E-state index contributed by atoms with van der Waals surface area (Å²) >= 11 is 3.45. The zero-order valence-electron chi connectivity index (χ0n) is 20.8. The lowest BCUT2D eigenvalue weighted by Gasteiger charge is -2.16. The van der Waals surface area contributed by atoms with Gasteiger partial charge >= 0.3 is 0 Å². The summed E-state index contributed by atoms with van der Waals surface area (Å²) in [7, 11) is 0. The highest BCUT2D eigenvalue weighted by Crippen LogP contribution is 2.21. The summed E-state index contributed by atoms with van der Waals surface area (Å²) in [6.07, 6.45) is 1.77. The summed E-state index contributed by atoms with van der Waals surface area (Å²) in [4.78, 5) is 17.6. The van der Waals surface area contributed by atoms with E-state index in [2.05, 4.69) is 81.4 Å². The number of halogens is 1. The molecule has 0 aliphatic carbocycles. The molecule has 0 bridgehead atoms. The first-order valence-corrected chi connectivity index (χ1v) is 12.6. The molecular formula is C28H39BrN2O. The van der Waals surface area contributed by atoms with Crippen LogP contribution in [0.1, 0.15) is 71.8 Å². The van der Waals surface area contributed by atoms with Crippen LogP contribution in [0.5, 0.6) is 0 Å². The minimum Gasteiger partial charge on any atom is -0.292 e. The molecule has 32 heavy (non-hydrogen) atoms. The van der Waals surface area contributed by atoms with Crippen molar-refractivity contribution in [3.63, 3.8) is 0 Å². The quantitative estimate of drug-likeness (QED) is 0.264. The van der Waals surface area contributed by atoms with Gasteiger partial charge in [0.1, 0.15) is 5.82 Å². The summed E-state index contributed by atoms with van der Waals surface area (Å²) in [5, 5.41) is 1.52. The molecular weight excluding hydrogens is 460 g/mol. The molecule has 0 saturated heterocycles. The van der Waals surface area contributed by atoms with Crippen LogP contribution < -0.4 is 5.56 Å². The third-order valence-corrected chi connectivity index (χ3v) is 5.86. The molecule has 3 nitrogen and oxygen atoms in total. The van der Waals surface area contributed by atoms with Crippen molar-refractivity contribution in [2.75, 3.05) is 0 Å². The van der Waals surface area contributed by atoms with Crippen molar-refractivity contribution in [3.8, 4) is 0 Å². The zero-order valence-corrected chi connectivity index (χ0v) is 22.4. The van der Waals surface area contributed by atoms with Crippen molar-refractivity contribution in [3.05, 3.63) is 88.0 Å². The van der Waals surface area contributed by atoms with Crippen LogP contribution in [0.3, 0.4) is 0 Å². The maximum absolute atomic E-state index is 12.9. The van der Waals surface area contributed by atoms with E-state index in [9.17, 15) is 4.79 Å². The normalized spacial score (nSPS) is 10.6. The number of fused-ring (bicyclic) bond motifs is 1. The van der Waals surface area contributed by atoms with E-state index < -0.39 is 0 Å². The average molecular weight is 500 g/mol.